The molecule has 3 rings (SSSR count). The number of carbonyl (C=O) groups is 1. The van der Waals surface area contributed by atoms with Crippen LogP contribution in [0.25, 0.3) is 0 Å². The van der Waals surface area contributed by atoms with E-state index in [4.69, 9.17) is 4.74 Å². The summed E-state index contributed by atoms with van der Waals surface area (Å²) in [4.78, 5) is 29.3. The summed E-state index contributed by atoms with van der Waals surface area (Å²) >= 11 is 0. The van der Waals surface area contributed by atoms with E-state index in [-0.39, 0.29) is 5.69 Å². The third-order valence-electron chi connectivity index (χ3n) is 5.15. The van der Waals surface area contributed by atoms with E-state index < -0.39 is 11.5 Å². The number of rotatable bonds is 9. The van der Waals surface area contributed by atoms with E-state index in [9.17, 15) is 9.59 Å². The minimum atomic E-state index is -0.472. The molecule has 0 fully saturated rings. The lowest BCUT2D eigenvalue weighted by molar-refractivity contribution is 0.0943. The largest absolute Gasteiger partial charge is 0.497 e. The van der Waals surface area contributed by atoms with Gasteiger partial charge in [-0.1, -0.05) is 13.8 Å². The van der Waals surface area contributed by atoms with Crippen molar-refractivity contribution in [2.75, 3.05) is 44.7 Å². The fourth-order valence-electron chi connectivity index (χ4n) is 3.39. The van der Waals surface area contributed by atoms with Crippen LogP contribution in [0.5, 0.6) is 5.75 Å². The Morgan fingerprint density at radius 3 is 2.55 bits per heavy atom. The molecule has 0 bridgehead atoms. The number of fused-ring (bicyclic) bond motifs is 1. The van der Waals surface area contributed by atoms with Crippen LogP contribution in [0.3, 0.4) is 0 Å². The highest BCUT2D eigenvalue weighted by Crippen LogP contribution is 2.28. The van der Waals surface area contributed by atoms with E-state index in [1.165, 1.54) is 4.57 Å². The highest BCUT2D eigenvalue weighted by atomic mass is 16.5. The van der Waals surface area contributed by atoms with Gasteiger partial charge in [0.1, 0.15) is 5.75 Å². The topological polar surface area (TPSA) is 92.6 Å². The van der Waals surface area contributed by atoms with Crippen molar-refractivity contribution in [2.45, 2.75) is 26.8 Å². The average Bonchev–Trinajstić information content (AvgIpc) is 3.19. The van der Waals surface area contributed by atoms with Crippen LogP contribution >= 0.6 is 0 Å². The van der Waals surface area contributed by atoms with Gasteiger partial charge in [0, 0.05) is 25.3 Å². The fourth-order valence-corrected chi connectivity index (χ4v) is 3.39. The van der Waals surface area contributed by atoms with Crippen LogP contribution in [0, 0.1) is 0 Å². The Labute approximate surface area is 170 Å². The van der Waals surface area contributed by atoms with E-state index in [1.54, 1.807) is 7.11 Å². The van der Waals surface area contributed by atoms with Crippen molar-refractivity contribution in [1.29, 1.82) is 0 Å². The molecule has 1 aromatic carbocycles. The normalized spacial score (nSPS) is 12.9. The lowest BCUT2D eigenvalue weighted by Crippen LogP contribution is -2.36. The average molecular weight is 400 g/mol. The first-order chi connectivity index (χ1) is 14.1. The maximum atomic E-state index is 12.8. The molecule has 0 radical (unpaired) electrons. The van der Waals surface area contributed by atoms with Gasteiger partial charge in [-0.3, -0.25) is 14.2 Å². The second kappa shape index (κ2) is 9.51. The molecule has 1 aromatic heterocycles. The smallest absolute Gasteiger partial charge is 0.286 e. The molecule has 1 amide bonds. The van der Waals surface area contributed by atoms with Crippen LogP contribution in [-0.4, -0.2) is 65.4 Å². The Morgan fingerprint density at radius 2 is 1.90 bits per heavy atom. The molecular weight excluding hydrogens is 372 g/mol. The molecule has 0 aliphatic carbocycles. The summed E-state index contributed by atoms with van der Waals surface area (Å²) in [7, 11) is 1.61. The van der Waals surface area contributed by atoms with E-state index in [0.717, 1.165) is 37.5 Å². The highest BCUT2D eigenvalue weighted by Gasteiger charge is 2.27. The van der Waals surface area contributed by atoms with E-state index in [1.807, 2.05) is 29.2 Å². The summed E-state index contributed by atoms with van der Waals surface area (Å²) < 4.78 is 6.68. The van der Waals surface area contributed by atoms with E-state index in [0.29, 0.717) is 25.6 Å². The predicted molar refractivity (Wildman–Crippen MR) is 111 cm³/mol. The number of carbonyl (C=O) groups excluding carboxylic acids is 1. The van der Waals surface area contributed by atoms with Crippen molar-refractivity contribution in [1.82, 2.24) is 25.0 Å². The van der Waals surface area contributed by atoms with Gasteiger partial charge in [0.25, 0.3) is 11.5 Å². The first-order valence-electron chi connectivity index (χ1n) is 9.98. The lowest BCUT2D eigenvalue weighted by Gasteiger charge is -2.18. The molecule has 156 valence electrons. The van der Waals surface area contributed by atoms with Crippen molar-refractivity contribution >= 4 is 17.5 Å². The molecule has 0 spiro atoms. The molecule has 0 atom stereocenters. The third-order valence-corrected chi connectivity index (χ3v) is 5.15. The predicted octanol–water partition coefficient (Wildman–Crippen LogP) is 1.26. The summed E-state index contributed by atoms with van der Waals surface area (Å²) in [5.41, 5.74) is 0.319. The molecule has 1 N–H and O–H groups in total. The van der Waals surface area contributed by atoms with Gasteiger partial charge in [-0.2, -0.15) is 0 Å². The molecule has 29 heavy (non-hydrogen) atoms. The molecule has 0 saturated carbocycles. The van der Waals surface area contributed by atoms with Crippen LogP contribution in [0.1, 0.15) is 30.8 Å². The third kappa shape index (κ3) is 4.56. The first kappa shape index (κ1) is 20.8. The summed E-state index contributed by atoms with van der Waals surface area (Å²) in [5.74, 6) is 0.725. The molecule has 9 nitrogen and oxygen atoms in total. The summed E-state index contributed by atoms with van der Waals surface area (Å²) in [5, 5.41) is 10.9. The molecular formula is C20H28N6O3. The number of nitrogens with one attached hydrogen (secondary N) is 1. The molecule has 0 saturated heterocycles. The molecule has 1 aliphatic heterocycles. The minimum Gasteiger partial charge on any atom is -0.497 e. The number of ether oxygens (including phenoxy) is 1. The Balaban J connectivity index is 1.68. The van der Waals surface area contributed by atoms with Gasteiger partial charge in [-0.15, -0.1) is 10.2 Å². The number of amides is 1. The Kier molecular flexibility index (Phi) is 6.82. The van der Waals surface area contributed by atoms with Crippen molar-refractivity contribution in [3.63, 3.8) is 0 Å². The van der Waals surface area contributed by atoms with Gasteiger partial charge in [0.05, 0.1) is 7.11 Å². The zero-order valence-electron chi connectivity index (χ0n) is 17.2. The summed E-state index contributed by atoms with van der Waals surface area (Å²) in [6.45, 7) is 8.62. The molecule has 9 heteroatoms. The minimum absolute atomic E-state index is 0.159. The second-order valence-corrected chi connectivity index (χ2v) is 6.79. The van der Waals surface area contributed by atoms with E-state index in [2.05, 4.69) is 34.3 Å². The molecule has 0 unspecified atom stereocenters. The van der Waals surface area contributed by atoms with Crippen LogP contribution in [-0.2, 0) is 6.54 Å². The number of aromatic nitrogens is 3. The van der Waals surface area contributed by atoms with Crippen molar-refractivity contribution in [3.05, 3.63) is 40.3 Å². The SMILES string of the molecule is CCN(CC)CCCNC(=O)c1nnc2n(c1=O)CCN2c1ccc(OC)cc1. The van der Waals surface area contributed by atoms with Crippen molar-refractivity contribution < 1.29 is 9.53 Å². The number of anilines is 2. The van der Waals surface area contributed by atoms with Crippen LogP contribution in [0.4, 0.5) is 11.6 Å². The maximum absolute atomic E-state index is 12.8. The van der Waals surface area contributed by atoms with E-state index >= 15 is 0 Å². The standard InChI is InChI=1S/C20H28N6O3/c1-4-24(5-2)12-6-11-21-18(27)17-19(28)26-14-13-25(20(26)23-22-17)15-7-9-16(29-3)10-8-15/h7-10H,4-6,11-14H2,1-3H3,(H,21,27). The van der Waals surface area contributed by atoms with Crippen LogP contribution in [0.15, 0.2) is 29.1 Å². The Morgan fingerprint density at radius 1 is 1.17 bits per heavy atom. The lowest BCUT2D eigenvalue weighted by atomic mass is 10.3. The van der Waals surface area contributed by atoms with Gasteiger partial charge in [0.15, 0.2) is 0 Å². The van der Waals surface area contributed by atoms with Gasteiger partial charge in [0.2, 0.25) is 11.6 Å². The summed E-state index contributed by atoms with van der Waals surface area (Å²) in [6.07, 6.45) is 0.818. The monoisotopic (exact) mass is 400 g/mol. The zero-order valence-corrected chi connectivity index (χ0v) is 17.2. The molecule has 2 aromatic rings. The van der Waals surface area contributed by atoms with Gasteiger partial charge >= 0.3 is 0 Å². The van der Waals surface area contributed by atoms with Gasteiger partial charge < -0.3 is 19.9 Å². The summed E-state index contributed by atoms with van der Waals surface area (Å²) in [6, 6.07) is 7.50. The number of methoxy groups -OCH3 is 1. The first-order valence-corrected chi connectivity index (χ1v) is 9.98. The fraction of sp³-hybridized carbons (Fsp3) is 0.500. The van der Waals surface area contributed by atoms with Gasteiger partial charge in [-0.25, -0.2) is 0 Å². The van der Waals surface area contributed by atoms with Crippen LogP contribution in [0.2, 0.25) is 0 Å². The Bertz CT molecular complexity index is 892. The number of benzene rings is 1. The highest BCUT2D eigenvalue weighted by molar-refractivity contribution is 5.91. The van der Waals surface area contributed by atoms with Crippen LogP contribution < -0.4 is 20.5 Å². The Hall–Kier alpha value is -2.94. The zero-order chi connectivity index (χ0) is 20.8. The number of hydrogen-bond acceptors (Lipinski definition) is 7. The molecule has 2 heterocycles. The number of hydrogen-bond donors (Lipinski definition) is 1. The quantitative estimate of drug-likeness (QED) is 0.634. The van der Waals surface area contributed by atoms with Crippen molar-refractivity contribution in [3.8, 4) is 5.75 Å². The molecule has 1 aliphatic rings. The maximum Gasteiger partial charge on any atom is 0.286 e. The number of nitrogens with zero attached hydrogens (tertiary/aromatic N) is 5. The van der Waals surface area contributed by atoms with Crippen molar-refractivity contribution in [2.24, 2.45) is 0 Å². The van der Waals surface area contributed by atoms with Gasteiger partial charge in [-0.05, 0) is 50.3 Å². The second-order valence-electron chi connectivity index (χ2n) is 6.79.